The monoisotopic (exact) mass is 465 g/mol. The van der Waals surface area contributed by atoms with Gasteiger partial charge in [-0.1, -0.05) is 11.6 Å². The first-order valence-corrected chi connectivity index (χ1v) is 11.6. The summed E-state index contributed by atoms with van der Waals surface area (Å²) >= 11 is 5.66. The van der Waals surface area contributed by atoms with Crippen LogP contribution < -0.4 is 26.1 Å². The fourth-order valence-electron chi connectivity index (χ4n) is 5.65. The number of fused-ring (bicyclic) bond motifs is 2. The predicted octanol–water partition coefficient (Wildman–Crippen LogP) is 1.16. The molecule has 174 valence electrons. The molecular weight excluding hydrogens is 437 g/mol. The number of hydrogen-bond acceptors (Lipinski definition) is 6. The van der Waals surface area contributed by atoms with Crippen molar-refractivity contribution in [2.75, 3.05) is 19.7 Å². The molecule has 1 aromatic rings. The minimum absolute atomic E-state index is 0.00922. The Bertz CT molecular complexity index is 912. The van der Waals surface area contributed by atoms with Gasteiger partial charge in [-0.05, 0) is 50.7 Å². The molecule has 2 aliphatic heterocycles. The van der Waals surface area contributed by atoms with E-state index >= 15 is 0 Å². The standard InChI is InChI=1S/C22H29ClFN5O3/c1-12-4-19-25-9-14(10-29(19)28-12)21(31)27-22-6-13(7-22)18(8-22)26-20(30)11-32-15-2-3-16(23)17(24)5-15/h2-3,5,12-14,18-19,25,28H,4,6-11H2,1H3,(H,26,30)(H,27,31). The Morgan fingerprint density at radius 2 is 2.16 bits per heavy atom. The third-order valence-corrected chi connectivity index (χ3v) is 7.51. The number of nitrogens with one attached hydrogen (secondary N) is 4. The van der Waals surface area contributed by atoms with Crippen LogP contribution in [0.1, 0.15) is 32.6 Å². The fourth-order valence-corrected chi connectivity index (χ4v) is 5.77. The fraction of sp³-hybridized carbons (Fsp3) is 0.636. The summed E-state index contributed by atoms with van der Waals surface area (Å²) in [5.41, 5.74) is 3.20. The van der Waals surface area contributed by atoms with Gasteiger partial charge < -0.3 is 15.4 Å². The minimum atomic E-state index is -0.586. The van der Waals surface area contributed by atoms with Crippen LogP contribution >= 0.6 is 11.6 Å². The molecule has 6 rings (SSSR count). The zero-order valence-electron chi connectivity index (χ0n) is 18.0. The number of carbonyl (C=O) groups excluding carboxylic acids is 2. The number of nitrogens with zero attached hydrogens (tertiary/aromatic N) is 1. The summed E-state index contributed by atoms with van der Waals surface area (Å²) < 4.78 is 18.9. The number of hydrazine groups is 1. The Kier molecular flexibility index (Phi) is 5.77. The average molecular weight is 466 g/mol. The van der Waals surface area contributed by atoms with Gasteiger partial charge in [-0.3, -0.25) is 20.3 Å². The van der Waals surface area contributed by atoms with E-state index in [1.54, 1.807) is 0 Å². The molecule has 0 spiro atoms. The van der Waals surface area contributed by atoms with Gasteiger partial charge in [-0.15, -0.1) is 0 Å². The van der Waals surface area contributed by atoms with Crippen molar-refractivity contribution in [3.8, 4) is 5.75 Å². The summed E-state index contributed by atoms with van der Waals surface area (Å²) in [6, 6.07) is 4.51. The quantitative estimate of drug-likeness (QED) is 0.503. The van der Waals surface area contributed by atoms with Gasteiger partial charge in [0.25, 0.3) is 5.91 Å². The van der Waals surface area contributed by atoms with E-state index < -0.39 is 5.82 Å². The van der Waals surface area contributed by atoms with Crippen molar-refractivity contribution in [3.63, 3.8) is 0 Å². The van der Waals surface area contributed by atoms with Gasteiger partial charge in [-0.25, -0.2) is 9.40 Å². The molecule has 4 atom stereocenters. The number of benzene rings is 1. The summed E-state index contributed by atoms with van der Waals surface area (Å²) in [7, 11) is 0. The Labute approximate surface area is 191 Å². The first-order valence-electron chi connectivity index (χ1n) is 11.3. The summed E-state index contributed by atoms with van der Waals surface area (Å²) in [6.45, 7) is 3.34. The van der Waals surface area contributed by atoms with Crippen LogP contribution in [0.2, 0.25) is 5.02 Å². The molecule has 2 heterocycles. The molecule has 3 saturated carbocycles. The van der Waals surface area contributed by atoms with Crippen LogP contribution in [0.3, 0.4) is 0 Å². The van der Waals surface area contributed by atoms with Crippen LogP contribution in [-0.2, 0) is 9.59 Å². The number of halogens is 2. The lowest BCUT2D eigenvalue weighted by Crippen LogP contribution is -2.61. The third-order valence-electron chi connectivity index (χ3n) is 7.21. The topological polar surface area (TPSA) is 94.7 Å². The zero-order valence-corrected chi connectivity index (χ0v) is 18.8. The van der Waals surface area contributed by atoms with Crippen molar-refractivity contribution < 1.29 is 18.7 Å². The smallest absolute Gasteiger partial charge is 0.258 e. The largest absolute Gasteiger partial charge is 0.484 e. The summed E-state index contributed by atoms with van der Waals surface area (Å²) in [4.78, 5) is 25.3. The highest BCUT2D eigenvalue weighted by atomic mass is 35.5. The Morgan fingerprint density at radius 1 is 1.34 bits per heavy atom. The second-order valence-electron chi connectivity index (χ2n) is 9.72. The van der Waals surface area contributed by atoms with Crippen LogP contribution in [0.15, 0.2) is 18.2 Å². The van der Waals surface area contributed by atoms with Crippen LogP contribution in [0.4, 0.5) is 4.39 Å². The van der Waals surface area contributed by atoms with Crippen molar-refractivity contribution in [2.24, 2.45) is 11.8 Å². The van der Waals surface area contributed by atoms with Crippen molar-refractivity contribution in [2.45, 2.75) is 56.4 Å². The first-order chi connectivity index (χ1) is 15.3. The highest BCUT2D eigenvalue weighted by molar-refractivity contribution is 6.30. The molecule has 2 amide bonds. The van der Waals surface area contributed by atoms with Crippen LogP contribution in [0.25, 0.3) is 0 Å². The van der Waals surface area contributed by atoms with Gasteiger partial charge in [0.1, 0.15) is 11.6 Å². The maximum Gasteiger partial charge on any atom is 0.258 e. The molecule has 32 heavy (non-hydrogen) atoms. The van der Waals surface area contributed by atoms with E-state index in [4.69, 9.17) is 16.3 Å². The lowest BCUT2D eigenvalue weighted by molar-refractivity contribution is -0.130. The Hall–Kier alpha value is -1.94. The Balaban J connectivity index is 1.08. The molecule has 2 saturated heterocycles. The molecule has 3 aliphatic carbocycles. The van der Waals surface area contributed by atoms with E-state index in [-0.39, 0.29) is 46.7 Å². The molecule has 5 fully saturated rings. The molecule has 0 radical (unpaired) electrons. The summed E-state index contributed by atoms with van der Waals surface area (Å²) in [5.74, 6) is -0.238. The third kappa shape index (κ3) is 4.31. The highest BCUT2D eigenvalue weighted by Crippen LogP contribution is 2.52. The van der Waals surface area contributed by atoms with E-state index in [1.807, 2.05) is 0 Å². The number of carbonyl (C=O) groups is 2. The Morgan fingerprint density at radius 3 is 2.94 bits per heavy atom. The van der Waals surface area contributed by atoms with Gasteiger partial charge in [0.2, 0.25) is 5.91 Å². The molecule has 2 bridgehead atoms. The lowest BCUT2D eigenvalue weighted by Gasteiger charge is -2.41. The number of amides is 2. The van der Waals surface area contributed by atoms with Crippen LogP contribution in [-0.4, -0.2) is 60.3 Å². The van der Waals surface area contributed by atoms with E-state index in [2.05, 4.69) is 33.3 Å². The lowest BCUT2D eigenvalue weighted by atomic mass is 9.76. The van der Waals surface area contributed by atoms with E-state index in [0.717, 1.165) is 31.7 Å². The summed E-state index contributed by atoms with van der Waals surface area (Å²) in [5, 5.41) is 11.9. The molecular formula is C22H29ClFN5O3. The molecule has 0 aromatic heterocycles. The summed E-state index contributed by atoms with van der Waals surface area (Å²) in [6.07, 6.45) is 3.84. The average Bonchev–Trinajstić information content (AvgIpc) is 3.37. The predicted molar refractivity (Wildman–Crippen MR) is 116 cm³/mol. The maximum atomic E-state index is 13.5. The minimum Gasteiger partial charge on any atom is -0.484 e. The van der Waals surface area contributed by atoms with Gasteiger partial charge in [0.05, 0.1) is 17.1 Å². The van der Waals surface area contributed by atoms with E-state index in [1.165, 1.54) is 12.1 Å². The van der Waals surface area contributed by atoms with Crippen molar-refractivity contribution >= 4 is 23.4 Å². The molecule has 4 unspecified atom stereocenters. The van der Waals surface area contributed by atoms with Crippen LogP contribution in [0, 0.1) is 17.7 Å². The van der Waals surface area contributed by atoms with E-state index in [0.29, 0.717) is 31.2 Å². The van der Waals surface area contributed by atoms with Gasteiger partial charge in [0.15, 0.2) is 6.61 Å². The van der Waals surface area contributed by atoms with E-state index in [9.17, 15) is 14.0 Å². The highest BCUT2D eigenvalue weighted by Gasteiger charge is 2.57. The number of rotatable bonds is 6. The second kappa shape index (κ2) is 8.44. The van der Waals surface area contributed by atoms with Crippen molar-refractivity contribution in [1.82, 2.24) is 26.4 Å². The molecule has 8 nitrogen and oxygen atoms in total. The normalized spacial score (nSPS) is 35.7. The van der Waals surface area contributed by atoms with Gasteiger partial charge in [-0.2, -0.15) is 0 Å². The van der Waals surface area contributed by atoms with Crippen molar-refractivity contribution in [3.05, 3.63) is 29.0 Å². The molecule has 1 aromatic carbocycles. The van der Waals surface area contributed by atoms with Crippen molar-refractivity contribution in [1.29, 1.82) is 0 Å². The first kappa shape index (κ1) is 21.9. The number of hydrogen-bond donors (Lipinski definition) is 4. The SMILES string of the molecule is CC1CC2NCC(C(=O)NC34CC(C3)C(NC(=O)COc3ccc(Cl)c(F)c3)C4)CN2N1. The second-order valence-corrected chi connectivity index (χ2v) is 10.1. The molecule has 10 heteroatoms. The van der Waals surface area contributed by atoms with Gasteiger partial charge in [0, 0.05) is 36.8 Å². The van der Waals surface area contributed by atoms with Gasteiger partial charge >= 0.3 is 0 Å². The zero-order chi connectivity index (χ0) is 22.5. The number of ether oxygens (including phenoxy) is 1. The maximum absolute atomic E-state index is 13.5. The van der Waals surface area contributed by atoms with Crippen LogP contribution in [0.5, 0.6) is 5.75 Å². The molecule has 4 N–H and O–H groups in total. The molecule has 5 aliphatic rings.